The van der Waals surface area contributed by atoms with Crippen molar-refractivity contribution in [2.24, 2.45) is 13.0 Å². The van der Waals surface area contributed by atoms with Crippen LogP contribution in [0.5, 0.6) is 0 Å². The molecule has 0 radical (unpaired) electrons. The van der Waals surface area contributed by atoms with Crippen molar-refractivity contribution in [2.75, 3.05) is 6.54 Å². The van der Waals surface area contributed by atoms with E-state index in [9.17, 15) is 4.79 Å². The van der Waals surface area contributed by atoms with Crippen LogP contribution in [0.15, 0.2) is 28.9 Å². The lowest BCUT2D eigenvalue weighted by molar-refractivity contribution is -0.132. The first-order chi connectivity index (χ1) is 11.6. The molecule has 1 saturated carbocycles. The maximum atomic E-state index is 12.7. The van der Waals surface area contributed by atoms with E-state index in [1.807, 2.05) is 30.4 Å². The first kappa shape index (κ1) is 15.5. The van der Waals surface area contributed by atoms with Crippen molar-refractivity contribution in [3.05, 3.63) is 41.6 Å². The van der Waals surface area contributed by atoms with Gasteiger partial charge in [0, 0.05) is 44.1 Å². The quantitative estimate of drug-likeness (QED) is 0.845. The van der Waals surface area contributed by atoms with Crippen LogP contribution in [0.3, 0.4) is 0 Å². The van der Waals surface area contributed by atoms with Crippen molar-refractivity contribution < 1.29 is 9.21 Å². The van der Waals surface area contributed by atoms with Gasteiger partial charge in [-0.25, -0.2) is 0 Å². The zero-order chi connectivity index (χ0) is 16.7. The second-order valence-corrected chi connectivity index (χ2v) is 7.32. The molecular formula is C19H25N3O2. The van der Waals surface area contributed by atoms with Gasteiger partial charge in [0.1, 0.15) is 11.5 Å². The molecule has 2 aromatic rings. The Morgan fingerprint density at radius 3 is 2.96 bits per heavy atom. The molecule has 2 fully saturated rings. The first-order valence-electron chi connectivity index (χ1n) is 8.98. The summed E-state index contributed by atoms with van der Waals surface area (Å²) in [6.07, 6.45) is 8.43. The summed E-state index contributed by atoms with van der Waals surface area (Å²) in [4.78, 5) is 14.7. The van der Waals surface area contributed by atoms with Crippen molar-refractivity contribution in [1.29, 1.82) is 0 Å². The molecule has 24 heavy (non-hydrogen) atoms. The van der Waals surface area contributed by atoms with E-state index in [4.69, 9.17) is 4.42 Å². The highest BCUT2D eigenvalue weighted by Gasteiger charge is 2.36. The van der Waals surface area contributed by atoms with E-state index >= 15 is 0 Å². The second kappa shape index (κ2) is 6.11. The predicted octanol–water partition coefficient (Wildman–Crippen LogP) is 3.43. The lowest BCUT2D eigenvalue weighted by Gasteiger charge is -2.23. The Morgan fingerprint density at radius 2 is 2.25 bits per heavy atom. The van der Waals surface area contributed by atoms with E-state index in [-0.39, 0.29) is 11.9 Å². The highest BCUT2D eigenvalue weighted by Crippen LogP contribution is 2.47. The van der Waals surface area contributed by atoms with Gasteiger partial charge in [-0.1, -0.05) is 6.92 Å². The molecule has 0 bridgehead atoms. The molecule has 1 aliphatic carbocycles. The van der Waals surface area contributed by atoms with E-state index < -0.39 is 0 Å². The highest BCUT2D eigenvalue weighted by molar-refractivity contribution is 5.77. The molecule has 4 rings (SSSR count). The Morgan fingerprint density at radius 1 is 1.42 bits per heavy atom. The van der Waals surface area contributed by atoms with Gasteiger partial charge in [0.05, 0.1) is 12.2 Å². The smallest absolute Gasteiger partial charge is 0.223 e. The molecule has 0 N–H and O–H groups in total. The Kier molecular flexibility index (Phi) is 3.94. The zero-order valence-electron chi connectivity index (χ0n) is 14.4. The van der Waals surface area contributed by atoms with Gasteiger partial charge in [-0.3, -0.25) is 9.48 Å². The van der Waals surface area contributed by atoms with Gasteiger partial charge in [0.25, 0.3) is 0 Å². The topological polar surface area (TPSA) is 51.3 Å². The van der Waals surface area contributed by atoms with Crippen LogP contribution < -0.4 is 0 Å². The summed E-state index contributed by atoms with van der Waals surface area (Å²) in [6.45, 7) is 3.10. The summed E-state index contributed by atoms with van der Waals surface area (Å²) in [6, 6.07) is 4.31. The van der Waals surface area contributed by atoms with Crippen LogP contribution in [0.25, 0.3) is 0 Å². The van der Waals surface area contributed by atoms with Gasteiger partial charge in [0.2, 0.25) is 5.91 Å². The Balaban J connectivity index is 1.36. The van der Waals surface area contributed by atoms with E-state index in [1.54, 1.807) is 4.68 Å². The number of hydrogen-bond donors (Lipinski definition) is 0. The summed E-state index contributed by atoms with van der Waals surface area (Å²) < 4.78 is 7.73. The minimum Gasteiger partial charge on any atom is -0.466 e. The summed E-state index contributed by atoms with van der Waals surface area (Å²) in [5, 5.41) is 4.24. The average Bonchev–Trinajstić information content (AvgIpc) is 3.03. The molecule has 3 atom stereocenters. The van der Waals surface area contributed by atoms with Crippen molar-refractivity contribution in [3.63, 3.8) is 0 Å². The van der Waals surface area contributed by atoms with Crippen LogP contribution in [-0.2, 0) is 18.3 Å². The van der Waals surface area contributed by atoms with Crippen molar-refractivity contribution >= 4 is 5.91 Å². The normalized spacial score (nSPS) is 26.1. The number of carbonyl (C=O) groups is 1. The second-order valence-electron chi connectivity index (χ2n) is 7.32. The van der Waals surface area contributed by atoms with Crippen molar-refractivity contribution in [2.45, 2.75) is 51.0 Å². The van der Waals surface area contributed by atoms with E-state index in [2.05, 4.69) is 18.1 Å². The molecule has 0 unspecified atom stereocenters. The molecule has 1 aliphatic heterocycles. The largest absolute Gasteiger partial charge is 0.466 e. The molecule has 3 heterocycles. The number of nitrogens with zero attached hydrogens (tertiary/aromatic N) is 3. The average molecular weight is 327 g/mol. The zero-order valence-corrected chi connectivity index (χ0v) is 14.4. The Hall–Kier alpha value is -2.04. The van der Waals surface area contributed by atoms with Crippen LogP contribution in [0.2, 0.25) is 0 Å². The maximum Gasteiger partial charge on any atom is 0.223 e. The van der Waals surface area contributed by atoms with Crippen molar-refractivity contribution in [3.8, 4) is 0 Å². The van der Waals surface area contributed by atoms with Crippen molar-refractivity contribution in [1.82, 2.24) is 14.7 Å². The molecule has 5 heteroatoms. The molecule has 1 amide bonds. The van der Waals surface area contributed by atoms with Gasteiger partial charge < -0.3 is 9.32 Å². The molecular weight excluding hydrogens is 302 g/mol. The number of furan rings is 1. The van der Waals surface area contributed by atoms with Crippen LogP contribution in [-0.4, -0.2) is 27.1 Å². The number of likely N-dealkylation sites (tertiary alicyclic amines) is 1. The van der Waals surface area contributed by atoms with Crippen LogP contribution >= 0.6 is 0 Å². The first-order valence-corrected chi connectivity index (χ1v) is 8.98. The maximum absolute atomic E-state index is 12.7. The third kappa shape index (κ3) is 2.99. The molecule has 5 nitrogen and oxygen atoms in total. The van der Waals surface area contributed by atoms with E-state index in [1.165, 1.54) is 6.42 Å². The SMILES string of the molecule is C[C@@H]1C[C@@H]1c1ccc(CCC(=O)N2CCC[C@@H]2c2cnn(C)c2)o1. The number of aryl methyl sites for hydroxylation is 2. The minimum atomic E-state index is 0.186. The number of hydrogen-bond acceptors (Lipinski definition) is 3. The molecule has 1 saturated heterocycles. The number of amides is 1. The third-order valence-corrected chi connectivity index (χ3v) is 5.43. The lowest BCUT2D eigenvalue weighted by Crippen LogP contribution is -2.30. The Labute approximate surface area is 142 Å². The molecule has 128 valence electrons. The van der Waals surface area contributed by atoms with Crippen LogP contribution in [0.1, 0.15) is 61.7 Å². The summed E-state index contributed by atoms with van der Waals surface area (Å²) in [5.74, 6) is 3.60. The summed E-state index contributed by atoms with van der Waals surface area (Å²) >= 11 is 0. The molecule has 0 aromatic carbocycles. The van der Waals surface area contributed by atoms with E-state index in [0.717, 1.165) is 42.4 Å². The fourth-order valence-corrected chi connectivity index (χ4v) is 3.84. The number of aromatic nitrogens is 2. The predicted molar refractivity (Wildman–Crippen MR) is 90.4 cm³/mol. The van der Waals surface area contributed by atoms with Gasteiger partial charge in [-0.2, -0.15) is 5.10 Å². The van der Waals surface area contributed by atoms with E-state index in [0.29, 0.717) is 18.8 Å². The summed E-state index contributed by atoms with van der Waals surface area (Å²) in [7, 11) is 1.92. The fraction of sp³-hybridized carbons (Fsp3) is 0.579. The standard InChI is InChI=1S/C19H25N3O2/c1-13-10-16(13)18-7-5-15(24-18)6-8-19(23)22-9-3-4-17(22)14-11-20-21(2)12-14/h5,7,11-13,16-17H,3-4,6,8-10H2,1-2H3/t13-,16+,17-/m1/s1. The molecule has 2 aromatic heterocycles. The monoisotopic (exact) mass is 327 g/mol. The highest BCUT2D eigenvalue weighted by atomic mass is 16.3. The number of carbonyl (C=O) groups excluding carboxylic acids is 1. The molecule has 2 aliphatic rings. The van der Waals surface area contributed by atoms with Gasteiger partial charge in [-0.05, 0) is 37.3 Å². The Bertz CT molecular complexity index is 733. The summed E-state index contributed by atoms with van der Waals surface area (Å²) in [5.41, 5.74) is 1.14. The number of rotatable bonds is 5. The van der Waals surface area contributed by atoms with Gasteiger partial charge in [0.15, 0.2) is 0 Å². The van der Waals surface area contributed by atoms with Gasteiger partial charge in [-0.15, -0.1) is 0 Å². The van der Waals surface area contributed by atoms with Crippen LogP contribution in [0.4, 0.5) is 0 Å². The minimum absolute atomic E-state index is 0.186. The van der Waals surface area contributed by atoms with Crippen LogP contribution in [0, 0.1) is 5.92 Å². The third-order valence-electron chi connectivity index (χ3n) is 5.43. The molecule has 0 spiro atoms. The fourth-order valence-electron chi connectivity index (χ4n) is 3.84. The van der Waals surface area contributed by atoms with Gasteiger partial charge >= 0.3 is 0 Å². The lowest BCUT2D eigenvalue weighted by atomic mass is 10.1.